The predicted molar refractivity (Wildman–Crippen MR) is 77.8 cm³/mol. The van der Waals surface area contributed by atoms with Crippen LogP contribution in [0.3, 0.4) is 0 Å². The number of anilines is 2. The number of amides is 1. The number of hydrogen-bond acceptors (Lipinski definition) is 3. The van der Waals surface area contributed by atoms with Crippen LogP contribution < -0.4 is 15.1 Å². The SMILES string of the molecule is CC1Cc2cc(N3CCNCC3)ccc2N(C)C1=O. The first-order valence-electron chi connectivity index (χ1n) is 7.03. The number of nitrogens with zero attached hydrogens (tertiary/aromatic N) is 2. The minimum absolute atomic E-state index is 0.0933. The molecule has 0 bridgehead atoms. The quantitative estimate of drug-likeness (QED) is 0.824. The van der Waals surface area contributed by atoms with Crippen LogP contribution in [-0.4, -0.2) is 39.1 Å². The normalized spacial score (nSPS) is 23.5. The zero-order chi connectivity index (χ0) is 13.4. The van der Waals surface area contributed by atoms with Gasteiger partial charge < -0.3 is 15.1 Å². The third-order valence-corrected chi connectivity index (χ3v) is 4.18. The second kappa shape index (κ2) is 4.85. The molecule has 1 unspecified atom stereocenters. The molecule has 102 valence electrons. The Bertz CT molecular complexity index is 494. The summed E-state index contributed by atoms with van der Waals surface area (Å²) < 4.78 is 0. The van der Waals surface area contributed by atoms with Gasteiger partial charge in [0.25, 0.3) is 0 Å². The van der Waals surface area contributed by atoms with Gasteiger partial charge in [0, 0.05) is 50.5 Å². The third-order valence-electron chi connectivity index (χ3n) is 4.18. The Balaban J connectivity index is 1.91. The van der Waals surface area contributed by atoms with E-state index in [1.165, 1.54) is 11.3 Å². The molecule has 19 heavy (non-hydrogen) atoms. The number of benzene rings is 1. The standard InChI is InChI=1S/C15H21N3O/c1-11-9-12-10-13(18-7-5-16-6-8-18)3-4-14(12)17(2)15(11)19/h3-4,10-11,16H,5-9H2,1-2H3. The summed E-state index contributed by atoms with van der Waals surface area (Å²) in [7, 11) is 1.88. The van der Waals surface area contributed by atoms with Gasteiger partial charge in [0.05, 0.1) is 0 Å². The molecule has 2 aliphatic heterocycles. The molecule has 1 fully saturated rings. The predicted octanol–water partition coefficient (Wildman–Crippen LogP) is 1.25. The molecule has 3 rings (SSSR count). The lowest BCUT2D eigenvalue weighted by atomic mass is 9.93. The Morgan fingerprint density at radius 3 is 2.74 bits per heavy atom. The van der Waals surface area contributed by atoms with E-state index in [0.29, 0.717) is 0 Å². The van der Waals surface area contributed by atoms with E-state index in [4.69, 9.17) is 0 Å². The number of rotatable bonds is 1. The van der Waals surface area contributed by atoms with Gasteiger partial charge in [-0.2, -0.15) is 0 Å². The molecule has 0 radical (unpaired) electrons. The van der Waals surface area contributed by atoms with Crippen LogP contribution in [0.5, 0.6) is 0 Å². The number of carbonyl (C=O) groups is 1. The van der Waals surface area contributed by atoms with E-state index in [9.17, 15) is 4.79 Å². The molecule has 0 aliphatic carbocycles. The number of hydrogen-bond donors (Lipinski definition) is 1. The number of nitrogens with one attached hydrogen (secondary N) is 1. The van der Waals surface area contributed by atoms with Crippen LogP contribution >= 0.6 is 0 Å². The topological polar surface area (TPSA) is 35.6 Å². The van der Waals surface area contributed by atoms with Crippen molar-refractivity contribution in [3.63, 3.8) is 0 Å². The first-order valence-corrected chi connectivity index (χ1v) is 7.03. The largest absolute Gasteiger partial charge is 0.369 e. The van der Waals surface area contributed by atoms with Crippen molar-refractivity contribution in [2.75, 3.05) is 43.0 Å². The van der Waals surface area contributed by atoms with Crippen LogP contribution in [0.15, 0.2) is 18.2 Å². The zero-order valence-electron chi connectivity index (χ0n) is 11.6. The van der Waals surface area contributed by atoms with Gasteiger partial charge in [-0.15, -0.1) is 0 Å². The second-order valence-corrected chi connectivity index (χ2v) is 5.55. The highest BCUT2D eigenvalue weighted by Crippen LogP contribution is 2.32. The van der Waals surface area contributed by atoms with Crippen molar-refractivity contribution in [3.05, 3.63) is 23.8 Å². The van der Waals surface area contributed by atoms with Crippen molar-refractivity contribution in [3.8, 4) is 0 Å². The smallest absolute Gasteiger partial charge is 0.229 e. The number of fused-ring (bicyclic) bond motifs is 1. The summed E-state index contributed by atoms with van der Waals surface area (Å²) in [5.41, 5.74) is 3.66. The maximum Gasteiger partial charge on any atom is 0.229 e. The molecule has 4 heteroatoms. The fourth-order valence-corrected chi connectivity index (χ4v) is 3.05. The van der Waals surface area contributed by atoms with E-state index in [0.717, 1.165) is 38.3 Å². The Morgan fingerprint density at radius 2 is 2.00 bits per heavy atom. The Labute approximate surface area is 114 Å². The van der Waals surface area contributed by atoms with Crippen LogP contribution in [0.25, 0.3) is 0 Å². The second-order valence-electron chi connectivity index (χ2n) is 5.55. The minimum atomic E-state index is 0.0933. The van der Waals surface area contributed by atoms with Gasteiger partial charge in [0.2, 0.25) is 5.91 Å². The third kappa shape index (κ3) is 2.21. The Kier molecular flexibility index (Phi) is 3.19. The summed E-state index contributed by atoms with van der Waals surface area (Å²) >= 11 is 0. The van der Waals surface area contributed by atoms with Crippen molar-refractivity contribution in [1.82, 2.24) is 5.32 Å². The van der Waals surface area contributed by atoms with E-state index in [2.05, 4.69) is 28.4 Å². The molecular formula is C15H21N3O. The minimum Gasteiger partial charge on any atom is -0.369 e. The summed E-state index contributed by atoms with van der Waals surface area (Å²) in [6.45, 7) is 6.23. The van der Waals surface area contributed by atoms with Crippen molar-refractivity contribution in [2.45, 2.75) is 13.3 Å². The van der Waals surface area contributed by atoms with Gasteiger partial charge in [0.1, 0.15) is 0 Å². The summed E-state index contributed by atoms with van der Waals surface area (Å²) in [4.78, 5) is 16.2. The molecular weight excluding hydrogens is 238 g/mol. The van der Waals surface area contributed by atoms with Crippen LogP contribution in [0.1, 0.15) is 12.5 Å². The fraction of sp³-hybridized carbons (Fsp3) is 0.533. The molecule has 0 saturated carbocycles. The average Bonchev–Trinajstić information content (AvgIpc) is 2.45. The van der Waals surface area contributed by atoms with E-state index in [-0.39, 0.29) is 11.8 Å². The van der Waals surface area contributed by atoms with Gasteiger partial charge in [-0.05, 0) is 30.2 Å². The average molecular weight is 259 g/mol. The Hall–Kier alpha value is -1.55. The molecule has 4 nitrogen and oxygen atoms in total. The lowest BCUT2D eigenvalue weighted by Crippen LogP contribution is -2.43. The van der Waals surface area contributed by atoms with Gasteiger partial charge in [0.15, 0.2) is 0 Å². The Morgan fingerprint density at radius 1 is 1.26 bits per heavy atom. The van der Waals surface area contributed by atoms with Crippen molar-refractivity contribution in [1.29, 1.82) is 0 Å². The van der Waals surface area contributed by atoms with Crippen LogP contribution in [0.2, 0.25) is 0 Å². The number of piperazine rings is 1. The molecule has 0 spiro atoms. The molecule has 1 N–H and O–H groups in total. The lowest BCUT2D eigenvalue weighted by Gasteiger charge is -2.33. The zero-order valence-corrected chi connectivity index (χ0v) is 11.6. The summed E-state index contributed by atoms with van der Waals surface area (Å²) in [5.74, 6) is 0.318. The molecule has 1 atom stereocenters. The van der Waals surface area contributed by atoms with Crippen molar-refractivity contribution >= 4 is 17.3 Å². The maximum absolute atomic E-state index is 12.0. The van der Waals surface area contributed by atoms with Gasteiger partial charge in [-0.25, -0.2) is 0 Å². The molecule has 0 aromatic heterocycles. The molecule has 2 heterocycles. The fourth-order valence-electron chi connectivity index (χ4n) is 3.05. The van der Waals surface area contributed by atoms with Crippen molar-refractivity contribution < 1.29 is 4.79 Å². The lowest BCUT2D eigenvalue weighted by molar-refractivity contribution is -0.121. The summed E-state index contributed by atoms with van der Waals surface area (Å²) in [6, 6.07) is 6.50. The maximum atomic E-state index is 12.0. The first-order chi connectivity index (χ1) is 9.16. The van der Waals surface area contributed by atoms with E-state index < -0.39 is 0 Å². The highest BCUT2D eigenvalue weighted by molar-refractivity contribution is 5.97. The molecule has 1 aromatic carbocycles. The van der Waals surface area contributed by atoms with E-state index >= 15 is 0 Å². The van der Waals surface area contributed by atoms with Gasteiger partial charge >= 0.3 is 0 Å². The molecule has 2 aliphatic rings. The van der Waals surface area contributed by atoms with Crippen molar-refractivity contribution in [2.24, 2.45) is 5.92 Å². The van der Waals surface area contributed by atoms with Crippen LogP contribution in [-0.2, 0) is 11.2 Å². The summed E-state index contributed by atoms with van der Waals surface area (Å²) in [6.07, 6.45) is 0.860. The van der Waals surface area contributed by atoms with Crippen LogP contribution in [0.4, 0.5) is 11.4 Å². The monoisotopic (exact) mass is 259 g/mol. The number of carbonyl (C=O) groups excluding carboxylic acids is 1. The van der Waals surface area contributed by atoms with Crippen LogP contribution in [0, 0.1) is 5.92 Å². The highest BCUT2D eigenvalue weighted by atomic mass is 16.2. The summed E-state index contributed by atoms with van der Waals surface area (Å²) in [5, 5.41) is 3.37. The molecule has 1 saturated heterocycles. The highest BCUT2D eigenvalue weighted by Gasteiger charge is 2.27. The van der Waals surface area contributed by atoms with E-state index in [1.54, 1.807) is 4.90 Å². The van der Waals surface area contributed by atoms with Gasteiger partial charge in [-0.1, -0.05) is 6.92 Å². The molecule has 1 aromatic rings. The molecule has 1 amide bonds. The van der Waals surface area contributed by atoms with E-state index in [1.807, 2.05) is 14.0 Å². The van der Waals surface area contributed by atoms with Gasteiger partial charge in [-0.3, -0.25) is 4.79 Å². The first kappa shape index (κ1) is 12.5.